The van der Waals surface area contributed by atoms with Crippen LogP contribution in [0.15, 0.2) is 41.2 Å². The molecule has 3 rings (SSSR count). The molecule has 0 saturated heterocycles. The maximum absolute atomic E-state index is 13.8. The van der Waals surface area contributed by atoms with Gasteiger partial charge in [0.2, 0.25) is 0 Å². The van der Waals surface area contributed by atoms with Crippen LogP contribution in [-0.2, 0) is 0 Å². The van der Waals surface area contributed by atoms with E-state index in [1.54, 1.807) is 32.0 Å². The predicted molar refractivity (Wildman–Crippen MR) is 77.2 cm³/mol. The van der Waals surface area contributed by atoms with Crippen molar-refractivity contribution in [3.63, 3.8) is 0 Å². The lowest BCUT2D eigenvalue weighted by Gasteiger charge is -2.08. The van der Waals surface area contributed by atoms with E-state index in [1.807, 2.05) is 12.1 Å². The second kappa shape index (κ2) is 4.56. The molecule has 0 atom stereocenters. The van der Waals surface area contributed by atoms with Gasteiger partial charge in [-0.25, -0.2) is 9.37 Å². The van der Waals surface area contributed by atoms with Gasteiger partial charge >= 0.3 is 0 Å². The largest absolute Gasteiger partial charge is 0.306 e. The van der Waals surface area contributed by atoms with Crippen molar-refractivity contribution in [2.75, 3.05) is 0 Å². The summed E-state index contributed by atoms with van der Waals surface area (Å²) in [5, 5.41) is 1.25. The Hall–Kier alpha value is -2.49. The Balaban J connectivity index is 2.36. The number of hydrogen-bond donors (Lipinski definition) is 1. The summed E-state index contributed by atoms with van der Waals surface area (Å²) in [6, 6.07) is 10.2. The minimum absolute atomic E-state index is 0.166. The molecule has 2 aromatic carbocycles. The fraction of sp³-hybridized carbons (Fsp3) is 0.125. The first kappa shape index (κ1) is 12.5. The molecular formula is C16H13FN2O. The Bertz CT molecular complexity index is 868. The fourth-order valence-electron chi connectivity index (χ4n) is 2.24. The van der Waals surface area contributed by atoms with E-state index in [0.717, 1.165) is 10.9 Å². The molecule has 0 aliphatic carbocycles. The van der Waals surface area contributed by atoms with Crippen LogP contribution in [0.5, 0.6) is 0 Å². The van der Waals surface area contributed by atoms with Gasteiger partial charge in [-0.15, -0.1) is 0 Å². The van der Waals surface area contributed by atoms with Gasteiger partial charge in [0, 0.05) is 22.2 Å². The lowest BCUT2D eigenvalue weighted by molar-refractivity contribution is 0.640. The Morgan fingerprint density at radius 3 is 2.45 bits per heavy atom. The maximum Gasteiger partial charge on any atom is 0.254 e. The topological polar surface area (TPSA) is 45.8 Å². The monoisotopic (exact) mass is 268 g/mol. The number of nitrogens with one attached hydrogen (secondary N) is 1. The van der Waals surface area contributed by atoms with Gasteiger partial charge in [-0.3, -0.25) is 4.79 Å². The molecule has 20 heavy (non-hydrogen) atoms. The molecule has 0 aliphatic heterocycles. The highest BCUT2D eigenvalue weighted by atomic mass is 19.1. The summed E-state index contributed by atoms with van der Waals surface area (Å²) in [6.07, 6.45) is 0. The van der Waals surface area contributed by atoms with Crippen molar-refractivity contribution in [3.05, 3.63) is 63.8 Å². The van der Waals surface area contributed by atoms with Gasteiger partial charge in [-0.05, 0) is 31.4 Å². The van der Waals surface area contributed by atoms with Crippen molar-refractivity contribution >= 4 is 10.8 Å². The van der Waals surface area contributed by atoms with Crippen molar-refractivity contribution in [2.45, 2.75) is 13.8 Å². The Labute approximate surface area is 115 Å². The molecule has 0 saturated carbocycles. The minimum atomic E-state index is -0.282. The first-order valence-electron chi connectivity index (χ1n) is 6.33. The number of halogens is 1. The molecule has 3 aromatic rings. The standard InChI is InChI=1S/C16H13FN2O/c1-9-10(2)18-15(19-16(9)20)13-7-8-14(17)12-6-4-3-5-11(12)13/h3-8H,1-2H3,(H,18,19,20). The number of rotatable bonds is 1. The summed E-state index contributed by atoms with van der Waals surface area (Å²) in [6.45, 7) is 3.52. The fourth-order valence-corrected chi connectivity index (χ4v) is 2.24. The number of hydrogen-bond acceptors (Lipinski definition) is 2. The highest BCUT2D eigenvalue weighted by Gasteiger charge is 2.11. The second-order valence-electron chi connectivity index (χ2n) is 4.77. The van der Waals surface area contributed by atoms with Crippen molar-refractivity contribution in [3.8, 4) is 11.4 Å². The van der Waals surface area contributed by atoms with Crippen LogP contribution >= 0.6 is 0 Å². The molecule has 0 spiro atoms. The average molecular weight is 268 g/mol. The van der Waals surface area contributed by atoms with Gasteiger partial charge in [-0.2, -0.15) is 0 Å². The molecule has 1 aromatic heterocycles. The van der Waals surface area contributed by atoms with Crippen molar-refractivity contribution in [1.82, 2.24) is 9.97 Å². The molecule has 0 amide bonds. The van der Waals surface area contributed by atoms with Crippen LogP contribution in [0.1, 0.15) is 11.3 Å². The van der Waals surface area contributed by atoms with E-state index in [2.05, 4.69) is 9.97 Å². The van der Waals surface area contributed by atoms with E-state index in [-0.39, 0.29) is 11.4 Å². The van der Waals surface area contributed by atoms with Crippen LogP contribution in [0.3, 0.4) is 0 Å². The SMILES string of the molecule is Cc1nc(-c2ccc(F)c3ccccc23)[nH]c(=O)c1C. The summed E-state index contributed by atoms with van der Waals surface area (Å²) in [5.41, 5.74) is 1.83. The zero-order valence-electron chi connectivity index (χ0n) is 11.2. The highest BCUT2D eigenvalue weighted by Crippen LogP contribution is 2.27. The van der Waals surface area contributed by atoms with Crippen LogP contribution in [0, 0.1) is 19.7 Å². The predicted octanol–water partition coefficient (Wildman–Crippen LogP) is 3.35. The van der Waals surface area contributed by atoms with E-state index < -0.39 is 0 Å². The number of aromatic nitrogens is 2. The van der Waals surface area contributed by atoms with Gasteiger partial charge in [0.05, 0.1) is 0 Å². The van der Waals surface area contributed by atoms with E-state index in [4.69, 9.17) is 0 Å². The first-order chi connectivity index (χ1) is 9.58. The molecular weight excluding hydrogens is 255 g/mol. The molecule has 4 heteroatoms. The molecule has 1 N–H and O–H groups in total. The van der Waals surface area contributed by atoms with Gasteiger partial charge in [0.15, 0.2) is 0 Å². The van der Waals surface area contributed by atoms with E-state index in [1.165, 1.54) is 6.07 Å². The number of fused-ring (bicyclic) bond motifs is 1. The number of aromatic amines is 1. The molecule has 0 radical (unpaired) electrons. The molecule has 0 aliphatic rings. The summed E-state index contributed by atoms with van der Waals surface area (Å²) in [7, 11) is 0. The normalized spacial score (nSPS) is 10.9. The number of H-pyrrole nitrogens is 1. The summed E-state index contributed by atoms with van der Waals surface area (Å²) >= 11 is 0. The highest BCUT2D eigenvalue weighted by molar-refractivity contribution is 5.95. The zero-order valence-corrected chi connectivity index (χ0v) is 11.2. The Kier molecular flexibility index (Phi) is 2.86. The Morgan fingerprint density at radius 1 is 1.05 bits per heavy atom. The van der Waals surface area contributed by atoms with Crippen LogP contribution in [0.2, 0.25) is 0 Å². The van der Waals surface area contributed by atoms with E-state index in [0.29, 0.717) is 22.5 Å². The van der Waals surface area contributed by atoms with Gasteiger partial charge in [0.25, 0.3) is 5.56 Å². The maximum atomic E-state index is 13.8. The number of nitrogens with zero attached hydrogens (tertiary/aromatic N) is 1. The quantitative estimate of drug-likeness (QED) is 0.735. The van der Waals surface area contributed by atoms with Crippen LogP contribution in [0.4, 0.5) is 4.39 Å². The summed E-state index contributed by atoms with van der Waals surface area (Å²) < 4.78 is 13.8. The van der Waals surface area contributed by atoms with Gasteiger partial charge in [-0.1, -0.05) is 24.3 Å². The molecule has 0 unspecified atom stereocenters. The third kappa shape index (κ3) is 1.90. The van der Waals surface area contributed by atoms with E-state index in [9.17, 15) is 9.18 Å². The summed E-state index contributed by atoms with van der Waals surface area (Å²) in [5.74, 6) is 0.185. The molecule has 0 fully saturated rings. The van der Waals surface area contributed by atoms with Gasteiger partial charge in [0.1, 0.15) is 11.6 Å². The molecule has 100 valence electrons. The lowest BCUT2D eigenvalue weighted by Crippen LogP contribution is -2.14. The van der Waals surface area contributed by atoms with Crippen LogP contribution < -0.4 is 5.56 Å². The van der Waals surface area contributed by atoms with Crippen molar-refractivity contribution in [2.24, 2.45) is 0 Å². The van der Waals surface area contributed by atoms with Crippen molar-refractivity contribution < 1.29 is 4.39 Å². The van der Waals surface area contributed by atoms with Crippen molar-refractivity contribution in [1.29, 1.82) is 0 Å². The summed E-state index contributed by atoms with van der Waals surface area (Å²) in [4.78, 5) is 19.0. The van der Waals surface area contributed by atoms with Crippen LogP contribution in [0.25, 0.3) is 22.2 Å². The number of aryl methyl sites for hydroxylation is 1. The third-order valence-electron chi connectivity index (χ3n) is 3.52. The van der Waals surface area contributed by atoms with E-state index >= 15 is 0 Å². The minimum Gasteiger partial charge on any atom is -0.306 e. The first-order valence-corrected chi connectivity index (χ1v) is 6.33. The van der Waals surface area contributed by atoms with Crippen LogP contribution in [-0.4, -0.2) is 9.97 Å². The lowest BCUT2D eigenvalue weighted by atomic mass is 10.0. The zero-order chi connectivity index (χ0) is 14.3. The molecule has 1 heterocycles. The second-order valence-corrected chi connectivity index (χ2v) is 4.77. The molecule has 3 nitrogen and oxygen atoms in total. The average Bonchev–Trinajstić information content (AvgIpc) is 2.45. The van der Waals surface area contributed by atoms with Gasteiger partial charge < -0.3 is 4.98 Å². The Morgan fingerprint density at radius 2 is 1.75 bits per heavy atom. The number of benzene rings is 2. The third-order valence-corrected chi connectivity index (χ3v) is 3.52. The smallest absolute Gasteiger partial charge is 0.254 e. The molecule has 0 bridgehead atoms.